The summed E-state index contributed by atoms with van der Waals surface area (Å²) < 4.78 is 0. The van der Waals surface area contributed by atoms with Gasteiger partial charge in [0.2, 0.25) is 0 Å². The molecule has 43 valence electrons. The summed E-state index contributed by atoms with van der Waals surface area (Å²) in [7, 11) is 0. The van der Waals surface area contributed by atoms with Crippen LogP contribution in [0.15, 0.2) is 0 Å². The molecule has 4 N–H and O–H groups in total. The first-order chi connectivity index (χ1) is 3.06. The van der Waals surface area contributed by atoms with Gasteiger partial charge in [-0.2, -0.15) is 0 Å². The van der Waals surface area contributed by atoms with E-state index in [2.05, 4.69) is 0 Å². The molecular formula is C5H13N2. The van der Waals surface area contributed by atoms with E-state index in [0.717, 1.165) is 6.42 Å². The summed E-state index contributed by atoms with van der Waals surface area (Å²) in [6.45, 7) is 3.79. The number of nitrogens with two attached hydrogens (primary N) is 2. The lowest BCUT2D eigenvalue weighted by molar-refractivity contribution is 0.552. The summed E-state index contributed by atoms with van der Waals surface area (Å²) in [5.41, 5.74) is 10.2. The summed E-state index contributed by atoms with van der Waals surface area (Å²) in [4.78, 5) is 0. The van der Waals surface area contributed by atoms with Gasteiger partial charge in [-0.25, -0.2) is 0 Å². The second-order valence-electron chi connectivity index (χ2n) is 1.98. The Bertz CT molecular complexity index is 44.5. The summed E-state index contributed by atoms with van der Waals surface area (Å²) in [6.07, 6.45) is 2.80. The maximum absolute atomic E-state index is 5.37. The monoisotopic (exact) mass is 101 g/mol. The molecule has 0 aromatic heterocycles. The van der Waals surface area contributed by atoms with Gasteiger partial charge in [-0.3, -0.25) is 0 Å². The molecule has 0 heterocycles. The van der Waals surface area contributed by atoms with E-state index in [0.29, 0.717) is 0 Å². The van der Waals surface area contributed by atoms with Gasteiger partial charge in [0.05, 0.1) is 5.66 Å². The fourth-order valence-electron chi connectivity index (χ4n) is 0.440. The van der Waals surface area contributed by atoms with E-state index in [-0.39, 0.29) is 0 Å². The van der Waals surface area contributed by atoms with Gasteiger partial charge in [0.15, 0.2) is 0 Å². The summed E-state index contributed by atoms with van der Waals surface area (Å²) in [5.74, 6) is 0. The second kappa shape index (κ2) is 2.28. The third-order valence-electron chi connectivity index (χ3n) is 0.644. The molecule has 0 saturated heterocycles. The molecule has 0 amide bonds. The maximum Gasteiger partial charge on any atom is 0.0640 e. The fourth-order valence-corrected chi connectivity index (χ4v) is 0.440. The van der Waals surface area contributed by atoms with Crippen LogP contribution in [-0.4, -0.2) is 5.66 Å². The van der Waals surface area contributed by atoms with E-state index in [4.69, 9.17) is 11.5 Å². The molecule has 0 atom stereocenters. The number of hydrogen-bond acceptors (Lipinski definition) is 2. The zero-order valence-electron chi connectivity index (χ0n) is 4.94. The molecular weight excluding hydrogens is 88.1 g/mol. The number of rotatable bonds is 2. The molecule has 2 nitrogen and oxygen atoms in total. The largest absolute Gasteiger partial charge is 0.313 e. The molecule has 1 radical (unpaired) electrons. The van der Waals surface area contributed by atoms with Crippen LogP contribution in [0.3, 0.4) is 0 Å². The van der Waals surface area contributed by atoms with Crippen LogP contribution in [0.4, 0.5) is 0 Å². The molecule has 0 aliphatic heterocycles. The van der Waals surface area contributed by atoms with Crippen LogP contribution in [0.2, 0.25) is 0 Å². The van der Waals surface area contributed by atoms with E-state index in [1.54, 1.807) is 6.92 Å². The minimum absolute atomic E-state index is 0.575. The summed E-state index contributed by atoms with van der Waals surface area (Å²) in [6, 6.07) is 0. The van der Waals surface area contributed by atoms with E-state index in [1.807, 2.05) is 13.3 Å². The minimum Gasteiger partial charge on any atom is -0.313 e. The molecule has 0 unspecified atom stereocenters. The second-order valence-corrected chi connectivity index (χ2v) is 1.98. The van der Waals surface area contributed by atoms with Gasteiger partial charge in [0, 0.05) is 0 Å². The van der Waals surface area contributed by atoms with Crippen molar-refractivity contribution < 1.29 is 0 Å². The van der Waals surface area contributed by atoms with E-state index < -0.39 is 5.66 Å². The average molecular weight is 101 g/mol. The highest BCUT2D eigenvalue weighted by atomic mass is 14.9. The SMILES string of the molecule is CC[CH]C(C)(N)N. The molecule has 7 heavy (non-hydrogen) atoms. The number of hydrogen-bond donors (Lipinski definition) is 2. The Morgan fingerprint density at radius 1 is 1.57 bits per heavy atom. The van der Waals surface area contributed by atoms with Gasteiger partial charge in [-0.1, -0.05) is 6.92 Å². The van der Waals surface area contributed by atoms with Crippen LogP contribution >= 0.6 is 0 Å². The molecule has 0 fully saturated rings. The standard InChI is InChI=1S/C5H13N2/c1-3-4-5(2,6)7/h4H,3,6-7H2,1-2H3. The van der Waals surface area contributed by atoms with Gasteiger partial charge in [0.25, 0.3) is 0 Å². The normalized spacial score (nSPS) is 12.0. The highest BCUT2D eigenvalue weighted by Crippen LogP contribution is 1.96. The quantitative estimate of drug-likeness (QED) is 0.489. The third-order valence-corrected chi connectivity index (χ3v) is 0.644. The summed E-state index contributed by atoms with van der Waals surface area (Å²) in [5, 5.41) is 0. The van der Waals surface area contributed by atoms with Crippen molar-refractivity contribution in [2.24, 2.45) is 11.5 Å². The van der Waals surface area contributed by atoms with Crippen LogP contribution in [0.5, 0.6) is 0 Å². The van der Waals surface area contributed by atoms with Crippen molar-refractivity contribution in [1.29, 1.82) is 0 Å². The zero-order chi connectivity index (χ0) is 5.91. The van der Waals surface area contributed by atoms with Gasteiger partial charge in [-0.05, 0) is 19.8 Å². The van der Waals surface area contributed by atoms with Crippen molar-refractivity contribution in [3.63, 3.8) is 0 Å². The fraction of sp³-hybridized carbons (Fsp3) is 0.800. The lowest BCUT2D eigenvalue weighted by atomic mass is 10.1. The molecule has 0 aromatic carbocycles. The van der Waals surface area contributed by atoms with Crippen LogP contribution in [0.25, 0.3) is 0 Å². The Morgan fingerprint density at radius 3 is 2.00 bits per heavy atom. The van der Waals surface area contributed by atoms with Gasteiger partial charge in [-0.15, -0.1) is 0 Å². The molecule has 2 heteroatoms. The van der Waals surface area contributed by atoms with Gasteiger partial charge < -0.3 is 11.5 Å². The highest BCUT2D eigenvalue weighted by molar-refractivity contribution is 4.85. The van der Waals surface area contributed by atoms with E-state index >= 15 is 0 Å². The molecule has 0 bridgehead atoms. The first-order valence-corrected chi connectivity index (χ1v) is 2.48. The highest BCUT2D eigenvalue weighted by Gasteiger charge is 2.07. The Balaban J connectivity index is 3.15. The first kappa shape index (κ1) is 6.92. The Morgan fingerprint density at radius 2 is 2.00 bits per heavy atom. The first-order valence-electron chi connectivity index (χ1n) is 2.48. The molecule has 0 aliphatic rings. The molecule has 0 aromatic rings. The van der Waals surface area contributed by atoms with Gasteiger partial charge >= 0.3 is 0 Å². The summed E-state index contributed by atoms with van der Waals surface area (Å²) >= 11 is 0. The van der Waals surface area contributed by atoms with Crippen LogP contribution in [0, 0.1) is 6.42 Å². The third kappa shape index (κ3) is 5.92. The lowest BCUT2D eigenvalue weighted by Gasteiger charge is -2.15. The van der Waals surface area contributed by atoms with Crippen molar-refractivity contribution in [2.75, 3.05) is 0 Å². The maximum atomic E-state index is 5.37. The predicted octanol–water partition coefficient (Wildman–Crippen LogP) is 0.234. The lowest BCUT2D eigenvalue weighted by Crippen LogP contribution is -2.46. The topological polar surface area (TPSA) is 52.0 Å². The van der Waals surface area contributed by atoms with Gasteiger partial charge in [0.1, 0.15) is 0 Å². The Labute approximate surface area is 44.9 Å². The predicted molar refractivity (Wildman–Crippen MR) is 31.4 cm³/mol. The van der Waals surface area contributed by atoms with Crippen molar-refractivity contribution >= 4 is 0 Å². The zero-order valence-corrected chi connectivity index (χ0v) is 4.94. The van der Waals surface area contributed by atoms with Crippen molar-refractivity contribution in [3.8, 4) is 0 Å². The molecule has 0 aliphatic carbocycles. The molecule has 0 saturated carbocycles. The van der Waals surface area contributed by atoms with Crippen LogP contribution in [-0.2, 0) is 0 Å². The van der Waals surface area contributed by atoms with E-state index in [9.17, 15) is 0 Å². The minimum atomic E-state index is -0.575. The van der Waals surface area contributed by atoms with Crippen LogP contribution < -0.4 is 11.5 Å². The van der Waals surface area contributed by atoms with Crippen molar-refractivity contribution in [2.45, 2.75) is 25.9 Å². The van der Waals surface area contributed by atoms with Crippen molar-refractivity contribution in [3.05, 3.63) is 6.42 Å². The van der Waals surface area contributed by atoms with E-state index in [1.165, 1.54) is 0 Å². The van der Waals surface area contributed by atoms with Crippen molar-refractivity contribution in [1.82, 2.24) is 0 Å². The molecule has 0 rings (SSSR count). The Hall–Kier alpha value is -0.0800. The average Bonchev–Trinajstić information content (AvgIpc) is 1.30. The van der Waals surface area contributed by atoms with Crippen LogP contribution in [0.1, 0.15) is 20.3 Å². The molecule has 0 spiro atoms. The Kier molecular flexibility index (Phi) is 2.26. The smallest absolute Gasteiger partial charge is 0.0640 e.